The first kappa shape index (κ1) is 39.8. The molecule has 0 bridgehead atoms. The summed E-state index contributed by atoms with van der Waals surface area (Å²) in [5, 5.41) is 0. The molecular weight excluding hydrogens is 809 g/mol. The van der Waals surface area contributed by atoms with E-state index in [-0.39, 0.29) is 0 Å². The highest BCUT2D eigenvalue weighted by molar-refractivity contribution is 5.88. The molecule has 0 saturated carbocycles. The third-order valence-electron chi connectivity index (χ3n) is 13.4. The number of benzene rings is 10. The first-order valence-electron chi connectivity index (χ1n) is 23.0. The molecule has 2 heteroatoms. The van der Waals surface area contributed by atoms with Crippen molar-refractivity contribution in [3.63, 3.8) is 0 Å². The van der Waals surface area contributed by atoms with E-state index in [2.05, 4.69) is 249 Å². The molecule has 0 aliphatic heterocycles. The Hall–Kier alpha value is -8.72. The topological polar surface area (TPSA) is 25.8 Å². The van der Waals surface area contributed by atoms with Gasteiger partial charge in [-0.25, -0.2) is 9.97 Å². The van der Waals surface area contributed by atoms with E-state index in [9.17, 15) is 0 Å². The van der Waals surface area contributed by atoms with Crippen molar-refractivity contribution in [3.8, 4) is 89.5 Å². The molecule has 0 N–H and O–H groups in total. The van der Waals surface area contributed by atoms with E-state index in [1.54, 1.807) is 0 Å². The Bertz CT molecular complexity index is 3500. The lowest BCUT2D eigenvalue weighted by atomic mass is 9.67. The normalized spacial score (nSPS) is 12.3. The van der Waals surface area contributed by atoms with Crippen LogP contribution >= 0.6 is 0 Å². The Kier molecular flexibility index (Phi) is 10.1. The highest BCUT2D eigenvalue weighted by atomic mass is 14.9. The SMILES string of the molecule is c1ccc(-c2ccc(-c3cc(-c4cccc(-c5cc(-c6ccccc6)cc(-c6cccc(C7(c8ccccc8)c8ccccc8-c8ccccc87)c6)c5)c4)nc(-c4ccccc4)n3)cc2)cc1. The second-order valence-corrected chi connectivity index (χ2v) is 17.3. The average molecular weight is 853 g/mol. The molecule has 2 nitrogen and oxygen atoms in total. The van der Waals surface area contributed by atoms with Gasteiger partial charge in [0.15, 0.2) is 5.82 Å². The molecular formula is C65H44N2. The van der Waals surface area contributed by atoms with Gasteiger partial charge in [-0.1, -0.05) is 231 Å². The van der Waals surface area contributed by atoms with Gasteiger partial charge in [0.1, 0.15) is 0 Å². The van der Waals surface area contributed by atoms with Crippen LogP contribution < -0.4 is 0 Å². The predicted molar refractivity (Wildman–Crippen MR) is 277 cm³/mol. The van der Waals surface area contributed by atoms with E-state index >= 15 is 0 Å². The van der Waals surface area contributed by atoms with Crippen molar-refractivity contribution in [1.82, 2.24) is 9.97 Å². The smallest absolute Gasteiger partial charge is 0.160 e. The molecule has 1 aliphatic rings. The number of hydrogen-bond acceptors (Lipinski definition) is 2. The minimum Gasteiger partial charge on any atom is -0.228 e. The largest absolute Gasteiger partial charge is 0.228 e. The van der Waals surface area contributed by atoms with Crippen LogP contribution in [0.15, 0.2) is 267 Å². The molecule has 1 aliphatic carbocycles. The monoisotopic (exact) mass is 852 g/mol. The molecule has 314 valence electrons. The summed E-state index contributed by atoms with van der Waals surface area (Å²) in [6.07, 6.45) is 0. The minimum atomic E-state index is -0.489. The summed E-state index contributed by atoms with van der Waals surface area (Å²) in [7, 11) is 0. The third kappa shape index (κ3) is 7.26. The molecule has 1 heterocycles. The first-order chi connectivity index (χ1) is 33.2. The van der Waals surface area contributed by atoms with Gasteiger partial charge >= 0.3 is 0 Å². The maximum Gasteiger partial charge on any atom is 0.160 e. The Labute approximate surface area is 392 Å². The standard InChI is InChI=1S/C65H44N2/c1-5-19-45(20-6-1)47-35-37-48(38-36-47)62-44-63(67-64(66-62)49-23-9-3-10-24-49)52-27-17-25-50(39-52)54-40-53(46-21-7-2-8-22-46)41-55(42-54)51-26-18-30-57(43-51)65(56-28-11-4-12-29-56)60-33-15-13-31-58(60)59-32-14-16-34-61(59)65/h1-44H. The van der Waals surface area contributed by atoms with Crippen molar-refractivity contribution in [2.24, 2.45) is 0 Å². The summed E-state index contributed by atoms with van der Waals surface area (Å²) in [5.41, 5.74) is 21.2. The van der Waals surface area contributed by atoms with Crippen LogP contribution in [0, 0.1) is 0 Å². The maximum atomic E-state index is 5.23. The van der Waals surface area contributed by atoms with Gasteiger partial charge in [-0.15, -0.1) is 0 Å². The lowest BCUT2D eigenvalue weighted by molar-refractivity contribution is 0.769. The average Bonchev–Trinajstić information content (AvgIpc) is 3.73. The van der Waals surface area contributed by atoms with Crippen LogP contribution in [0.1, 0.15) is 22.3 Å². The minimum absolute atomic E-state index is 0.489. The zero-order chi connectivity index (χ0) is 44.6. The molecule has 0 saturated heterocycles. The van der Waals surface area contributed by atoms with E-state index in [0.29, 0.717) is 5.82 Å². The summed E-state index contributed by atoms with van der Waals surface area (Å²) >= 11 is 0. The molecule has 0 radical (unpaired) electrons. The van der Waals surface area contributed by atoms with Gasteiger partial charge in [0.05, 0.1) is 16.8 Å². The van der Waals surface area contributed by atoms with Gasteiger partial charge in [-0.05, 0) is 114 Å². The van der Waals surface area contributed by atoms with Crippen LogP contribution in [0.3, 0.4) is 0 Å². The van der Waals surface area contributed by atoms with Crippen LogP contribution in [0.4, 0.5) is 0 Å². The Morgan fingerprint density at radius 3 is 1.19 bits per heavy atom. The van der Waals surface area contributed by atoms with Crippen LogP contribution in [0.25, 0.3) is 89.5 Å². The van der Waals surface area contributed by atoms with Crippen LogP contribution in [-0.2, 0) is 5.41 Å². The van der Waals surface area contributed by atoms with Gasteiger partial charge in [0, 0.05) is 16.7 Å². The zero-order valence-electron chi connectivity index (χ0n) is 36.8. The van der Waals surface area contributed by atoms with Crippen molar-refractivity contribution in [3.05, 3.63) is 289 Å². The van der Waals surface area contributed by atoms with Crippen molar-refractivity contribution < 1.29 is 0 Å². The number of fused-ring (bicyclic) bond motifs is 3. The van der Waals surface area contributed by atoms with E-state index in [1.807, 2.05) is 18.2 Å². The molecule has 0 unspecified atom stereocenters. The summed E-state index contributed by atoms with van der Waals surface area (Å²) in [5.74, 6) is 0.694. The fourth-order valence-corrected chi connectivity index (χ4v) is 10.2. The molecule has 10 aromatic carbocycles. The van der Waals surface area contributed by atoms with Crippen molar-refractivity contribution in [2.45, 2.75) is 5.41 Å². The van der Waals surface area contributed by atoms with E-state index in [4.69, 9.17) is 9.97 Å². The van der Waals surface area contributed by atoms with Gasteiger partial charge in [-0.3, -0.25) is 0 Å². The lowest BCUT2D eigenvalue weighted by Gasteiger charge is -2.34. The number of aromatic nitrogens is 2. The number of nitrogens with zero attached hydrogens (tertiary/aromatic N) is 2. The van der Waals surface area contributed by atoms with Gasteiger partial charge in [0.25, 0.3) is 0 Å². The Morgan fingerprint density at radius 1 is 0.224 bits per heavy atom. The number of hydrogen-bond donors (Lipinski definition) is 0. The summed E-state index contributed by atoms with van der Waals surface area (Å²) in [4.78, 5) is 10.4. The molecule has 1 aromatic heterocycles. The second-order valence-electron chi connectivity index (χ2n) is 17.3. The molecule has 0 fully saturated rings. The van der Waals surface area contributed by atoms with Crippen molar-refractivity contribution in [2.75, 3.05) is 0 Å². The second kappa shape index (κ2) is 17.0. The third-order valence-corrected chi connectivity index (χ3v) is 13.4. The highest BCUT2D eigenvalue weighted by Gasteiger charge is 2.45. The van der Waals surface area contributed by atoms with Crippen LogP contribution in [0.5, 0.6) is 0 Å². The van der Waals surface area contributed by atoms with Crippen LogP contribution in [0.2, 0.25) is 0 Å². The summed E-state index contributed by atoms with van der Waals surface area (Å²) < 4.78 is 0. The molecule has 11 aromatic rings. The van der Waals surface area contributed by atoms with E-state index in [0.717, 1.165) is 55.9 Å². The van der Waals surface area contributed by atoms with Gasteiger partial charge in [-0.2, -0.15) is 0 Å². The fourth-order valence-electron chi connectivity index (χ4n) is 10.2. The summed E-state index contributed by atoms with van der Waals surface area (Å²) in [6.45, 7) is 0. The van der Waals surface area contributed by atoms with E-state index in [1.165, 1.54) is 50.1 Å². The molecule has 12 rings (SSSR count). The molecule has 0 spiro atoms. The predicted octanol–water partition coefficient (Wildman–Crippen LogP) is 16.5. The Morgan fingerprint density at radius 2 is 0.597 bits per heavy atom. The maximum absolute atomic E-state index is 5.23. The molecule has 0 amide bonds. The zero-order valence-corrected chi connectivity index (χ0v) is 36.8. The molecule has 67 heavy (non-hydrogen) atoms. The highest BCUT2D eigenvalue weighted by Crippen LogP contribution is 2.56. The lowest BCUT2D eigenvalue weighted by Crippen LogP contribution is -2.28. The fraction of sp³-hybridized carbons (Fsp3) is 0.0154. The number of rotatable bonds is 9. The van der Waals surface area contributed by atoms with Gasteiger partial charge < -0.3 is 0 Å². The van der Waals surface area contributed by atoms with Crippen molar-refractivity contribution in [1.29, 1.82) is 0 Å². The molecule has 0 atom stereocenters. The quantitative estimate of drug-likeness (QED) is 0.145. The van der Waals surface area contributed by atoms with Crippen LogP contribution in [-0.4, -0.2) is 9.97 Å². The van der Waals surface area contributed by atoms with Gasteiger partial charge in [0.2, 0.25) is 0 Å². The van der Waals surface area contributed by atoms with E-state index < -0.39 is 5.41 Å². The first-order valence-corrected chi connectivity index (χ1v) is 23.0. The summed E-state index contributed by atoms with van der Waals surface area (Å²) in [6, 6.07) is 96.3. The Balaban J connectivity index is 0.992. The van der Waals surface area contributed by atoms with Crippen molar-refractivity contribution >= 4 is 0 Å².